The van der Waals surface area contributed by atoms with Gasteiger partial charge in [-0.25, -0.2) is 4.39 Å². The van der Waals surface area contributed by atoms with Crippen molar-refractivity contribution in [2.24, 2.45) is 5.73 Å². The van der Waals surface area contributed by atoms with Gasteiger partial charge >= 0.3 is 0 Å². The van der Waals surface area contributed by atoms with Crippen molar-refractivity contribution in [3.8, 4) is 22.5 Å². The summed E-state index contributed by atoms with van der Waals surface area (Å²) < 4.78 is 14.7. The first kappa shape index (κ1) is 23.6. The zero-order valence-electron chi connectivity index (χ0n) is 21.1. The Morgan fingerprint density at radius 1 is 1.00 bits per heavy atom. The molecule has 0 spiro atoms. The van der Waals surface area contributed by atoms with Gasteiger partial charge in [0.05, 0.1) is 11.2 Å². The van der Waals surface area contributed by atoms with E-state index >= 15 is 0 Å². The van der Waals surface area contributed by atoms with Gasteiger partial charge < -0.3 is 20.9 Å². The smallest absolute Gasteiger partial charge is 0.124 e. The van der Waals surface area contributed by atoms with Crippen LogP contribution in [0, 0.1) is 5.82 Å². The van der Waals surface area contributed by atoms with Crippen molar-refractivity contribution >= 4 is 27.4 Å². The predicted octanol–water partition coefficient (Wildman–Crippen LogP) is 5.46. The van der Waals surface area contributed by atoms with Gasteiger partial charge in [0, 0.05) is 35.4 Å². The second kappa shape index (κ2) is 9.59. The summed E-state index contributed by atoms with van der Waals surface area (Å²) in [6.07, 6.45) is 3.28. The van der Waals surface area contributed by atoms with Gasteiger partial charge in [-0.05, 0) is 97.4 Å². The van der Waals surface area contributed by atoms with Crippen molar-refractivity contribution in [2.45, 2.75) is 12.5 Å². The molecule has 37 heavy (non-hydrogen) atoms. The van der Waals surface area contributed by atoms with Crippen LogP contribution in [-0.2, 0) is 0 Å². The van der Waals surface area contributed by atoms with E-state index in [0.29, 0.717) is 6.54 Å². The minimum atomic E-state index is -0.285. The van der Waals surface area contributed by atoms with Gasteiger partial charge in [0.1, 0.15) is 11.5 Å². The van der Waals surface area contributed by atoms with Crippen LogP contribution in [0.3, 0.4) is 0 Å². The lowest BCUT2D eigenvalue weighted by molar-refractivity contribution is 0.376. The summed E-state index contributed by atoms with van der Waals surface area (Å²) in [4.78, 5) is 5.55. The molecule has 6 rings (SSSR count). The number of aromatic amines is 2. The molecule has 6 nitrogen and oxygen atoms in total. The van der Waals surface area contributed by atoms with E-state index in [2.05, 4.69) is 50.8 Å². The number of fused-ring (bicyclic) bond motifs is 2. The molecule has 0 fully saturated rings. The summed E-state index contributed by atoms with van der Waals surface area (Å²) in [5.41, 5.74) is 15.3. The Kier molecular flexibility index (Phi) is 6.12. The molecule has 1 aliphatic heterocycles. The van der Waals surface area contributed by atoms with Crippen LogP contribution in [0.2, 0.25) is 0 Å². The van der Waals surface area contributed by atoms with Crippen LogP contribution in [0.4, 0.5) is 4.39 Å². The topological polar surface area (TPSA) is 85.8 Å². The number of rotatable bonds is 6. The molecule has 1 unspecified atom stereocenters. The number of H-pyrrole nitrogens is 2. The molecule has 5 aromatic rings. The summed E-state index contributed by atoms with van der Waals surface area (Å²) in [6, 6.07) is 19.5. The fraction of sp³-hybridized carbons (Fsp3) is 0.233. The number of hydrogen-bond acceptors (Lipinski definition) is 4. The molecule has 3 heterocycles. The van der Waals surface area contributed by atoms with Gasteiger partial charge in [-0.2, -0.15) is 5.10 Å². The monoisotopic (exact) mass is 494 g/mol. The van der Waals surface area contributed by atoms with Crippen LogP contribution in [0.1, 0.15) is 23.6 Å². The maximum atomic E-state index is 14.7. The van der Waals surface area contributed by atoms with Gasteiger partial charge in [0.2, 0.25) is 0 Å². The third-order valence-corrected chi connectivity index (χ3v) is 7.14. The Labute approximate surface area is 215 Å². The fourth-order valence-corrected chi connectivity index (χ4v) is 5.32. The van der Waals surface area contributed by atoms with E-state index < -0.39 is 0 Å². The minimum absolute atomic E-state index is 0.273. The summed E-state index contributed by atoms with van der Waals surface area (Å²) in [7, 11) is 3.93. The van der Waals surface area contributed by atoms with Crippen molar-refractivity contribution in [3.63, 3.8) is 0 Å². The summed E-state index contributed by atoms with van der Waals surface area (Å²) >= 11 is 0. The van der Waals surface area contributed by atoms with Crippen LogP contribution in [0.15, 0.2) is 66.7 Å². The number of nitrogens with two attached hydrogens (primary N) is 1. The lowest BCUT2D eigenvalue weighted by Gasteiger charge is -2.18. The average Bonchev–Trinajstić information content (AvgIpc) is 3.52. The van der Waals surface area contributed by atoms with Gasteiger partial charge in [-0.3, -0.25) is 5.10 Å². The Morgan fingerprint density at radius 2 is 1.89 bits per heavy atom. The number of halogens is 1. The standard InChI is InChI=1S/C30H31FN6/c1-37(2)17-26(32)21-12-20(13-22(31)14-21)23-4-3-5-27-24(23)16-29(34-27)30-25-15-19(6-7-28(25)35-36-30)18-8-10-33-11-9-18/h3-8,12-16,26,33-34H,9-11,17,32H2,1-2H3,(H,35,36). The maximum Gasteiger partial charge on any atom is 0.124 e. The highest BCUT2D eigenvalue weighted by atomic mass is 19.1. The SMILES string of the molecule is CN(C)CC(N)c1cc(F)cc(-c2cccc3[nH]c(-c4n[nH]c5ccc(C6=CCNCC6)cc45)cc23)c1. The summed E-state index contributed by atoms with van der Waals surface area (Å²) in [5.74, 6) is -0.285. The molecule has 1 atom stereocenters. The van der Waals surface area contributed by atoms with Crippen molar-refractivity contribution < 1.29 is 4.39 Å². The molecule has 0 saturated heterocycles. The van der Waals surface area contributed by atoms with Crippen LogP contribution >= 0.6 is 0 Å². The van der Waals surface area contributed by atoms with E-state index in [0.717, 1.165) is 69.4 Å². The molecule has 0 amide bonds. The summed E-state index contributed by atoms with van der Waals surface area (Å²) in [5, 5.41) is 13.3. The number of benzene rings is 3. The van der Waals surface area contributed by atoms with Gasteiger partial charge in [-0.15, -0.1) is 0 Å². The third-order valence-electron chi connectivity index (χ3n) is 7.14. The Bertz CT molecular complexity index is 1630. The van der Waals surface area contributed by atoms with Crippen molar-refractivity contribution in [1.29, 1.82) is 0 Å². The Balaban J connectivity index is 1.43. The van der Waals surface area contributed by atoms with Crippen LogP contribution in [0.25, 0.3) is 49.9 Å². The normalized spacial score (nSPS) is 15.0. The maximum absolute atomic E-state index is 14.7. The number of aromatic nitrogens is 3. The lowest BCUT2D eigenvalue weighted by atomic mass is 9.96. The Morgan fingerprint density at radius 3 is 2.70 bits per heavy atom. The van der Waals surface area contributed by atoms with E-state index in [1.54, 1.807) is 6.07 Å². The molecular weight excluding hydrogens is 463 g/mol. The molecular formula is C30H31FN6. The lowest BCUT2D eigenvalue weighted by Crippen LogP contribution is -2.26. The number of hydrogen-bond donors (Lipinski definition) is 4. The fourth-order valence-electron chi connectivity index (χ4n) is 5.32. The molecule has 0 aliphatic carbocycles. The minimum Gasteiger partial charge on any atom is -0.353 e. The van der Waals surface area contributed by atoms with E-state index in [-0.39, 0.29) is 11.9 Å². The zero-order valence-corrected chi connectivity index (χ0v) is 21.1. The number of nitrogens with one attached hydrogen (secondary N) is 3. The first-order valence-electron chi connectivity index (χ1n) is 12.7. The third kappa shape index (κ3) is 4.57. The second-order valence-corrected chi connectivity index (χ2v) is 10.1. The molecule has 0 radical (unpaired) electrons. The molecule has 5 N–H and O–H groups in total. The molecule has 0 saturated carbocycles. The van der Waals surface area contributed by atoms with Crippen molar-refractivity contribution in [1.82, 2.24) is 25.4 Å². The molecule has 2 aromatic heterocycles. The number of likely N-dealkylation sites (N-methyl/N-ethyl adjacent to an activating group) is 1. The van der Waals surface area contributed by atoms with Crippen LogP contribution in [0.5, 0.6) is 0 Å². The van der Waals surface area contributed by atoms with Gasteiger partial charge in [0.25, 0.3) is 0 Å². The molecule has 188 valence electrons. The van der Waals surface area contributed by atoms with E-state index in [4.69, 9.17) is 5.73 Å². The molecule has 7 heteroatoms. The first-order chi connectivity index (χ1) is 18.0. The van der Waals surface area contributed by atoms with Crippen molar-refractivity contribution in [2.75, 3.05) is 33.7 Å². The quantitative estimate of drug-likeness (QED) is 0.253. The molecule has 1 aliphatic rings. The number of nitrogens with zero attached hydrogens (tertiary/aromatic N) is 2. The van der Waals surface area contributed by atoms with Crippen LogP contribution < -0.4 is 11.1 Å². The van der Waals surface area contributed by atoms with Crippen molar-refractivity contribution in [3.05, 3.63) is 83.7 Å². The van der Waals surface area contributed by atoms with E-state index in [1.807, 2.05) is 43.3 Å². The second-order valence-electron chi connectivity index (χ2n) is 10.1. The van der Waals surface area contributed by atoms with E-state index in [9.17, 15) is 4.39 Å². The van der Waals surface area contributed by atoms with Gasteiger partial charge in [0.15, 0.2) is 0 Å². The van der Waals surface area contributed by atoms with Crippen LogP contribution in [-0.4, -0.2) is 53.8 Å². The molecule has 3 aromatic carbocycles. The highest BCUT2D eigenvalue weighted by Crippen LogP contribution is 2.36. The first-order valence-corrected chi connectivity index (χ1v) is 12.7. The Hall–Kier alpha value is -3.78. The predicted molar refractivity (Wildman–Crippen MR) is 150 cm³/mol. The largest absolute Gasteiger partial charge is 0.353 e. The van der Waals surface area contributed by atoms with E-state index in [1.165, 1.54) is 17.2 Å². The van der Waals surface area contributed by atoms with Gasteiger partial charge in [-0.1, -0.05) is 24.3 Å². The molecule has 0 bridgehead atoms. The highest BCUT2D eigenvalue weighted by Gasteiger charge is 2.17. The summed E-state index contributed by atoms with van der Waals surface area (Å²) in [6.45, 7) is 2.54. The average molecular weight is 495 g/mol. The highest BCUT2D eigenvalue weighted by molar-refractivity contribution is 6.01. The zero-order chi connectivity index (χ0) is 25.5.